The van der Waals surface area contributed by atoms with Crippen LogP contribution in [0, 0.1) is 6.92 Å². The van der Waals surface area contributed by atoms with Crippen LogP contribution in [0.25, 0.3) is 0 Å². The molecule has 2 aromatic rings. The number of ether oxygens (including phenoxy) is 1. The average molecular weight is 382 g/mol. The van der Waals surface area contributed by atoms with Crippen molar-refractivity contribution in [2.24, 2.45) is 4.99 Å². The molecule has 116 valence electrons. The molecular formula is C17H18BrClN2O. The van der Waals surface area contributed by atoms with Crippen molar-refractivity contribution < 1.29 is 4.74 Å². The molecule has 0 aliphatic rings. The van der Waals surface area contributed by atoms with Crippen LogP contribution in [0.15, 0.2) is 45.9 Å². The largest absolute Gasteiger partial charge is 0.455 e. The summed E-state index contributed by atoms with van der Waals surface area (Å²) in [7, 11) is 1.98. The quantitative estimate of drug-likeness (QED) is 0.482. The van der Waals surface area contributed by atoms with Crippen LogP contribution >= 0.6 is 27.5 Å². The van der Waals surface area contributed by atoms with E-state index in [0.717, 1.165) is 28.0 Å². The van der Waals surface area contributed by atoms with Gasteiger partial charge >= 0.3 is 0 Å². The molecule has 0 aliphatic heterocycles. The number of para-hydroxylation sites is 1. The molecule has 2 aromatic carbocycles. The smallest absolute Gasteiger partial charge is 0.146 e. The molecule has 22 heavy (non-hydrogen) atoms. The SMILES string of the molecule is CCN(C)/C=N\c1cc(Cl)c(Oc2ccccc2Br)cc1C. The predicted octanol–water partition coefficient (Wildman–Crippen LogP) is 5.81. The van der Waals surface area contributed by atoms with E-state index in [9.17, 15) is 0 Å². The van der Waals surface area contributed by atoms with E-state index in [2.05, 4.69) is 27.8 Å². The van der Waals surface area contributed by atoms with Gasteiger partial charge < -0.3 is 9.64 Å². The standard InChI is InChI=1S/C17H18BrClN2O/c1-4-21(3)11-20-15-10-14(19)17(9-12(15)2)22-16-8-6-5-7-13(16)18/h5-11H,4H2,1-3H3/b20-11-. The van der Waals surface area contributed by atoms with E-state index >= 15 is 0 Å². The number of halogens is 2. The zero-order valence-corrected chi connectivity index (χ0v) is 15.1. The molecule has 0 amide bonds. The Morgan fingerprint density at radius 2 is 2.00 bits per heavy atom. The summed E-state index contributed by atoms with van der Waals surface area (Å²) in [6, 6.07) is 11.4. The summed E-state index contributed by atoms with van der Waals surface area (Å²) in [4.78, 5) is 6.45. The zero-order valence-electron chi connectivity index (χ0n) is 12.8. The maximum atomic E-state index is 6.33. The van der Waals surface area contributed by atoms with E-state index in [0.29, 0.717) is 10.8 Å². The monoisotopic (exact) mass is 380 g/mol. The fraction of sp³-hybridized carbons (Fsp3) is 0.235. The number of hydrogen-bond donors (Lipinski definition) is 0. The predicted molar refractivity (Wildman–Crippen MR) is 96.9 cm³/mol. The third-order valence-corrected chi connectivity index (χ3v) is 4.15. The van der Waals surface area contributed by atoms with Gasteiger partial charge in [0, 0.05) is 13.6 Å². The molecule has 0 fully saturated rings. The topological polar surface area (TPSA) is 24.8 Å². The van der Waals surface area contributed by atoms with Gasteiger partial charge in [-0.3, -0.25) is 0 Å². The van der Waals surface area contributed by atoms with Crippen LogP contribution in [0.4, 0.5) is 5.69 Å². The lowest BCUT2D eigenvalue weighted by Gasteiger charge is -2.12. The van der Waals surface area contributed by atoms with Crippen LogP contribution in [0.5, 0.6) is 11.5 Å². The van der Waals surface area contributed by atoms with E-state index in [4.69, 9.17) is 16.3 Å². The number of aryl methyl sites for hydroxylation is 1. The lowest BCUT2D eigenvalue weighted by atomic mass is 10.2. The van der Waals surface area contributed by atoms with Gasteiger partial charge in [-0.15, -0.1) is 0 Å². The molecule has 0 aliphatic carbocycles. The first kappa shape index (κ1) is 16.8. The van der Waals surface area contributed by atoms with Crippen LogP contribution in [-0.2, 0) is 0 Å². The Balaban J connectivity index is 2.27. The Morgan fingerprint density at radius 3 is 2.68 bits per heavy atom. The van der Waals surface area contributed by atoms with Crippen LogP contribution in [0.2, 0.25) is 5.02 Å². The minimum Gasteiger partial charge on any atom is -0.455 e. The van der Waals surface area contributed by atoms with Gasteiger partial charge in [-0.1, -0.05) is 23.7 Å². The number of benzene rings is 2. The highest BCUT2D eigenvalue weighted by Crippen LogP contribution is 2.37. The molecule has 0 saturated heterocycles. The zero-order chi connectivity index (χ0) is 16.1. The third kappa shape index (κ3) is 4.24. The maximum Gasteiger partial charge on any atom is 0.146 e. The lowest BCUT2D eigenvalue weighted by Crippen LogP contribution is -2.14. The van der Waals surface area contributed by atoms with Gasteiger partial charge in [-0.25, -0.2) is 4.99 Å². The van der Waals surface area contributed by atoms with E-state index < -0.39 is 0 Å². The molecule has 0 aromatic heterocycles. The van der Waals surface area contributed by atoms with Gasteiger partial charge in [-0.2, -0.15) is 0 Å². The van der Waals surface area contributed by atoms with Crippen LogP contribution in [0.3, 0.4) is 0 Å². The first-order chi connectivity index (χ1) is 10.5. The number of nitrogens with zero attached hydrogens (tertiary/aromatic N) is 2. The summed E-state index contributed by atoms with van der Waals surface area (Å²) >= 11 is 9.79. The molecule has 0 heterocycles. The molecular weight excluding hydrogens is 364 g/mol. The molecule has 0 unspecified atom stereocenters. The van der Waals surface area contributed by atoms with Gasteiger partial charge in [0.15, 0.2) is 0 Å². The Bertz CT molecular complexity index is 688. The summed E-state index contributed by atoms with van der Waals surface area (Å²) in [6.45, 7) is 4.96. The fourth-order valence-electron chi connectivity index (χ4n) is 1.75. The Morgan fingerprint density at radius 1 is 1.27 bits per heavy atom. The van der Waals surface area contributed by atoms with Crippen molar-refractivity contribution in [2.75, 3.05) is 13.6 Å². The van der Waals surface area contributed by atoms with Crippen molar-refractivity contribution >= 4 is 39.6 Å². The number of rotatable bonds is 5. The minimum atomic E-state index is 0.535. The first-order valence-corrected chi connectivity index (χ1v) is 8.15. The highest BCUT2D eigenvalue weighted by Gasteiger charge is 2.09. The van der Waals surface area contributed by atoms with Crippen molar-refractivity contribution in [3.63, 3.8) is 0 Å². The van der Waals surface area contributed by atoms with Crippen LogP contribution < -0.4 is 4.74 Å². The lowest BCUT2D eigenvalue weighted by molar-refractivity contribution is 0.479. The summed E-state index contributed by atoms with van der Waals surface area (Å²) in [5.74, 6) is 1.35. The molecule has 2 rings (SSSR count). The van der Waals surface area contributed by atoms with Gasteiger partial charge in [0.25, 0.3) is 0 Å². The van der Waals surface area contributed by atoms with Crippen LogP contribution in [0.1, 0.15) is 12.5 Å². The highest BCUT2D eigenvalue weighted by atomic mass is 79.9. The van der Waals surface area contributed by atoms with Crippen molar-refractivity contribution in [3.05, 3.63) is 51.5 Å². The molecule has 5 heteroatoms. The van der Waals surface area contributed by atoms with Gasteiger partial charge in [0.2, 0.25) is 0 Å². The second kappa shape index (κ2) is 7.65. The Hall–Kier alpha value is -1.52. The van der Waals surface area contributed by atoms with Gasteiger partial charge in [0.1, 0.15) is 11.5 Å². The molecule has 0 radical (unpaired) electrons. The summed E-state index contributed by atoms with van der Waals surface area (Å²) in [6.07, 6.45) is 1.80. The van der Waals surface area contributed by atoms with Crippen molar-refractivity contribution in [2.45, 2.75) is 13.8 Å². The normalized spacial score (nSPS) is 11.0. The molecule has 0 bridgehead atoms. The average Bonchev–Trinajstić information content (AvgIpc) is 2.51. The molecule has 3 nitrogen and oxygen atoms in total. The molecule has 0 saturated carbocycles. The third-order valence-electron chi connectivity index (χ3n) is 3.20. The number of aliphatic imine (C=N–C) groups is 1. The van der Waals surface area contributed by atoms with Crippen molar-refractivity contribution in [1.29, 1.82) is 0 Å². The summed E-state index contributed by atoms with van der Waals surface area (Å²) in [5, 5.41) is 0.535. The molecule has 0 atom stereocenters. The summed E-state index contributed by atoms with van der Waals surface area (Å²) < 4.78 is 6.77. The van der Waals surface area contributed by atoms with Crippen molar-refractivity contribution in [1.82, 2.24) is 4.90 Å². The summed E-state index contributed by atoms with van der Waals surface area (Å²) in [5.41, 5.74) is 1.84. The van der Waals surface area contributed by atoms with Crippen LogP contribution in [-0.4, -0.2) is 24.8 Å². The second-order valence-electron chi connectivity index (χ2n) is 4.92. The van der Waals surface area contributed by atoms with Gasteiger partial charge in [-0.05, 0) is 59.6 Å². The Kier molecular flexibility index (Phi) is 5.86. The van der Waals surface area contributed by atoms with Crippen molar-refractivity contribution in [3.8, 4) is 11.5 Å². The van der Waals surface area contributed by atoms with E-state index in [1.807, 2.05) is 55.3 Å². The van der Waals surface area contributed by atoms with E-state index in [1.165, 1.54) is 0 Å². The van der Waals surface area contributed by atoms with Gasteiger partial charge in [0.05, 0.1) is 21.5 Å². The minimum absolute atomic E-state index is 0.535. The first-order valence-electron chi connectivity index (χ1n) is 6.98. The molecule has 0 N–H and O–H groups in total. The Labute approximate surface area is 144 Å². The van der Waals surface area contributed by atoms with E-state index in [-0.39, 0.29) is 0 Å². The maximum absolute atomic E-state index is 6.33. The second-order valence-corrected chi connectivity index (χ2v) is 6.18. The highest BCUT2D eigenvalue weighted by molar-refractivity contribution is 9.10. The number of hydrogen-bond acceptors (Lipinski definition) is 2. The fourth-order valence-corrected chi connectivity index (χ4v) is 2.31. The van der Waals surface area contributed by atoms with E-state index in [1.54, 1.807) is 6.34 Å². The molecule has 0 spiro atoms.